The molecule has 9 heteroatoms. The van der Waals surface area contributed by atoms with Crippen LogP contribution in [0.5, 0.6) is 5.75 Å². The van der Waals surface area contributed by atoms with Crippen molar-refractivity contribution in [3.8, 4) is 17.0 Å². The number of hydrogen-bond acceptors (Lipinski definition) is 6. The molecule has 1 aliphatic rings. The molecule has 0 unspecified atom stereocenters. The van der Waals surface area contributed by atoms with Crippen molar-refractivity contribution >= 4 is 23.2 Å². The van der Waals surface area contributed by atoms with Gasteiger partial charge in [0.15, 0.2) is 0 Å². The third-order valence-corrected chi connectivity index (χ3v) is 9.22. The fourth-order valence-electron chi connectivity index (χ4n) is 5.57. The Hall–Kier alpha value is -3.20. The summed E-state index contributed by atoms with van der Waals surface area (Å²) < 4.78 is 7.87. The van der Waals surface area contributed by atoms with Gasteiger partial charge in [-0.1, -0.05) is 55.4 Å². The molecule has 3 heterocycles. The molecule has 242 valence electrons. The summed E-state index contributed by atoms with van der Waals surface area (Å²) in [6.07, 6.45) is 1.59. The number of benzene rings is 1. The average molecular weight is 625 g/mol. The second-order valence-electron chi connectivity index (χ2n) is 13.4. The molecule has 8 nitrogen and oxygen atoms in total. The van der Waals surface area contributed by atoms with E-state index in [1.165, 1.54) is 11.1 Å². The van der Waals surface area contributed by atoms with Crippen molar-refractivity contribution in [3.05, 3.63) is 50.6 Å². The quantitative estimate of drug-likeness (QED) is 0.276. The standard InChI is InChI=1S/C33H46N4O4S.C2H6/c1-10-41-30-24(32(4,5)6)15-23(16-25(30)33(7,8)9)27-19-42-31(34-27)22-11-13-36(14-12-22)28(38)18-37-21(3)20(2)26(35-37)17-29(39)40;1-2/h15-16,19,22H,10-14,17-18H2,1-9H3,(H,39,40);1-2H3. The number of likely N-dealkylation sites (tertiary alicyclic amines) is 1. The molecule has 1 fully saturated rings. The number of carbonyl (C=O) groups is 2. The Morgan fingerprint density at radius 3 is 2.09 bits per heavy atom. The SMILES string of the molecule is CC.CCOc1c(C(C)(C)C)cc(-c2csc(C3CCN(C(=O)Cn4nc(CC(=O)O)c(C)c4C)CC3)n2)cc1C(C)(C)C. The maximum atomic E-state index is 13.1. The Balaban J connectivity index is 0.00000259. The number of aromatic nitrogens is 3. The molecule has 0 bridgehead atoms. The molecule has 1 aromatic carbocycles. The Labute approximate surface area is 267 Å². The molecular weight excluding hydrogens is 572 g/mol. The van der Waals surface area contributed by atoms with Gasteiger partial charge in [-0.05, 0) is 62.1 Å². The molecule has 0 saturated carbocycles. The van der Waals surface area contributed by atoms with Crippen molar-refractivity contribution in [2.24, 2.45) is 0 Å². The van der Waals surface area contributed by atoms with Gasteiger partial charge in [-0.15, -0.1) is 11.3 Å². The van der Waals surface area contributed by atoms with Crippen LogP contribution in [0.3, 0.4) is 0 Å². The number of rotatable bonds is 8. The smallest absolute Gasteiger partial charge is 0.309 e. The molecule has 0 spiro atoms. The third-order valence-electron chi connectivity index (χ3n) is 8.22. The van der Waals surface area contributed by atoms with Crippen molar-refractivity contribution in [3.63, 3.8) is 0 Å². The van der Waals surface area contributed by atoms with E-state index in [1.54, 1.807) is 16.0 Å². The molecular formula is C35H52N4O4S. The first-order valence-electron chi connectivity index (χ1n) is 15.9. The van der Waals surface area contributed by atoms with Gasteiger partial charge in [-0.2, -0.15) is 5.10 Å². The maximum Gasteiger partial charge on any atom is 0.309 e. The Morgan fingerprint density at radius 2 is 1.59 bits per heavy atom. The summed E-state index contributed by atoms with van der Waals surface area (Å²) in [5.74, 6) is 0.399. The Kier molecular flexibility index (Phi) is 11.4. The van der Waals surface area contributed by atoms with Crippen molar-refractivity contribution in [2.45, 2.75) is 119 Å². The predicted octanol–water partition coefficient (Wildman–Crippen LogP) is 7.68. The molecule has 1 N–H and O–H groups in total. The van der Waals surface area contributed by atoms with Crippen LogP contribution in [0.2, 0.25) is 0 Å². The largest absolute Gasteiger partial charge is 0.493 e. The predicted molar refractivity (Wildman–Crippen MR) is 179 cm³/mol. The summed E-state index contributed by atoms with van der Waals surface area (Å²) in [5.41, 5.74) is 6.54. The molecule has 1 amide bonds. The lowest BCUT2D eigenvalue weighted by Gasteiger charge is -2.31. The van der Waals surface area contributed by atoms with Crippen molar-refractivity contribution in [1.82, 2.24) is 19.7 Å². The number of piperidine rings is 1. The van der Waals surface area contributed by atoms with E-state index in [0.717, 1.165) is 46.1 Å². The van der Waals surface area contributed by atoms with Crippen LogP contribution in [0.1, 0.15) is 114 Å². The second-order valence-corrected chi connectivity index (χ2v) is 14.3. The molecule has 2 aromatic heterocycles. The van der Waals surface area contributed by atoms with Crippen LogP contribution in [-0.2, 0) is 33.4 Å². The highest BCUT2D eigenvalue weighted by Gasteiger charge is 2.30. The molecule has 0 radical (unpaired) electrons. The highest BCUT2D eigenvalue weighted by molar-refractivity contribution is 7.10. The first-order chi connectivity index (χ1) is 20.6. The third kappa shape index (κ3) is 8.09. The molecule has 0 atom stereocenters. The summed E-state index contributed by atoms with van der Waals surface area (Å²) in [6, 6.07) is 4.50. The minimum absolute atomic E-state index is 0.0135. The fourth-order valence-corrected chi connectivity index (χ4v) is 6.57. The van der Waals surface area contributed by atoms with E-state index in [1.807, 2.05) is 39.5 Å². The lowest BCUT2D eigenvalue weighted by atomic mass is 9.78. The molecule has 44 heavy (non-hydrogen) atoms. The maximum absolute atomic E-state index is 13.1. The lowest BCUT2D eigenvalue weighted by Crippen LogP contribution is -2.40. The second kappa shape index (κ2) is 14.3. The first kappa shape index (κ1) is 35.3. The highest BCUT2D eigenvalue weighted by atomic mass is 32.1. The van der Waals surface area contributed by atoms with Gasteiger partial charge < -0.3 is 14.7 Å². The van der Waals surface area contributed by atoms with E-state index in [0.29, 0.717) is 31.3 Å². The normalized spacial score (nSPS) is 14.3. The van der Waals surface area contributed by atoms with E-state index < -0.39 is 5.97 Å². The Bertz CT molecular complexity index is 1420. The van der Waals surface area contributed by atoms with Crippen LogP contribution in [0.4, 0.5) is 0 Å². The number of aliphatic carboxylic acids is 1. The monoisotopic (exact) mass is 624 g/mol. The number of carboxylic acids is 1. The van der Waals surface area contributed by atoms with E-state index in [4.69, 9.17) is 14.8 Å². The van der Waals surface area contributed by atoms with Crippen molar-refractivity contribution in [2.75, 3.05) is 19.7 Å². The minimum Gasteiger partial charge on any atom is -0.493 e. The van der Waals surface area contributed by atoms with Gasteiger partial charge in [-0.3, -0.25) is 14.3 Å². The van der Waals surface area contributed by atoms with Gasteiger partial charge in [0.1, 0.15) is 12.3 Å². The molecule has 1 aliphatic heterocycles. The van der Waals surface area contributed by atoms with E-state index in [2.05, 4.69) is 64.2 Å². The van der Waals surface area contributed by atoms with Crippen LogP contribution < -0.4 is 4.74 Å². The van der Waals surface area contributed by atoms with Crippen LogP contribution in [0.25, 0.3) is 11.3 Å². The zero-order chi connectivity index (χ0) is 33.0. The van der Waals surface area contributed by atoms with Gasteiger partial charge in [0.2, 0.25) is 5.91 Å². The summed E-state index contributed by atoms with van der Waals surface area (Å²) in [5, 5.41) is 16.8. The number of hydrogen-bond donors (Lipinski definition) is 1. The average Bonchev–Trinajstić information content (AvgIpc) is 3.54. The van der Waals surface area contributed by atoms with E-state index in [-0.39, 0.29) is 29.7 Å². The first-order valence-corrected chi connectivity index (χ1v) is 16.8. The minimum atomic E-state index is -0.923. The number of nitrogens with zero attached hydrogens (tertiary/aromatic N) is 4. The molecule has 1 saturated heterocycles. The van der Waals surface area contributed by atoms with Gasteiger partial charge in [0.25, 0.3) is 0 Å². The van der Waals surface area contributed by atoms with Crippen LogP contribution in [-0.4, -0.2) is 56.3 Å². The highest BCUT2D eigenvalue weighted by Crippen LogP contribution is 2.43. The van der Waals surface area contributed by atoms with Crippen molar-refractivity contribution < 1.29 is 19.4 Å². The van der Waals surface area contributed by atoms with Gasteiger partial charge >= 0.3 is 5.97 Å². The van der Waals surface area contributed by atoms with Crippen LogP contribution in [0.15, 0.2) is 17.5 Å². The zero-order valence-corrected chi connectivity index (χ0v) is 29.4. The molecule has 3 aromatic rings. The summed E-state index contributed by atoms with van der Waals surface area (Å²) in [6.45, 7) is 25.2. The number of ether oxygens (including phenoxy) is 1. The summed E-state index contributed by atoms with van der Waals surface area (Å²) in [7, 11) is 0. The van der Waals surface area contributed by atoms with Gasteiger partial charge in [0.05, 0.1) is 29.4 Å². The zero-order valence-electron chi connectivity index (χ0n) is 28.6. The summed E-state index contributed by atoms with van der Waals surface area (Å²) >= 11 is 1.71. The van der Waals surface area contributed by atoms with Crippen LogP contribution in [0, 0.1) is 13.8 Å². The number of thiazole rings is 1. The summed E-state index contributed by atoms with van der Waals surface area (Å²) in [4.78, 5) is 31.3. The Morgan fingerprint density at radius 1 is 1.02 bits per heavy atom. The van der Waals surface area contributed by atoms with Crippen molar-refractivity contribution in [1.29, 1.82) is 0 Å². The van der Waals surface area contributed by atoms with E-state index in [9.17, 15) is 9.59 Å². The molecule has 0 aliphatic carbocycles. The molecule has 4 rings (SSSR count). The van der Waals surface area contributed by atoms with Crippen LogP contribution >= 0.6 is 11.3 Å². The van der Waals surface area contributed by atoms with Gasteiger partial charge in [0, 0.05) is 46.8 Å². The van der Waals surface area contributed by atoms with E-state index >= 15 is 0 Å². The number of carboxylic acid groups (broad SMARTS) is 1. The number of amides is 1. The van der Waals surface area contributed by atoms with Gasteiger partial charge in [-0.25, -0.2) is 4.98 Å². The topological polar surface area (TPSA) is 97.6 Å². The number of carbonyl (C=O) groups excluding carboxylic acids is 1. The fraction of sp³-hybridized carbons (Fsp3) is 0.600. The lowest BCUT2D eigenvalue weighted by molar-refractivity contribution is -0.136.